The molecule has 0 fully saturated rings. The van der Waals surface area contributed by atoms with Crippen molar-refractivity contribution in [2.75, 3.05) is 18.6 Å². The smallest absolute Gasteiger partial charge is 0.356 e. The number of ether oxygens (including phenoxy) is 1. The monoisotopic (exact) mass is 1370 g/mol. The topological polar surface area (TPSA) is 407 Å². The lowest BCUT2D eigenvalue weighted by atomic mass is 10.2. The number of anilines is 2. The number of nitro groups is 2. The number of halogens is 3. The van der Waals surface area contributed by atoms with Crippen LogP contribution in [0.25, 0.3) is 43.6 Å². The number of rotatable bonds is 5. The van der Waals surface area contributed by atoms with Crippen LogP contribution in [0, 0.1) is 52.1 Å². The van der Waals surface area contributed by atoms with Crippen LogP contribution in [0.5, 0.6) is 0 Å². The van der Waals surface area contributed by atoms with Gasteiger partial charge in [-0.15, -0.1) is 0 Å². The first-order valence-electron chi connectivity index (χ1n) is 21.3. The van der Waals surface area contributed by atoms with Gasteiger partial charge < -0.3 is 21.3 Å². The second kappa shape index (κ2) is 28.9. The third-order valence-corrected chi connectivity index (χ3v) is 11.5. The summed E-state index contributed by atoms with van der Waals surface area (Å²) in [7, 11) is 1.32. The predicted octanol–water partition coefficient (Wildman–Crippen LogP) is 7.89. The summed E-state index contributed by atoms with van der Waals surface area (Å²) in [5, 5.41) is 59.5. The molecule has 0 radical (unpaired) electrons. The van der Waals surface area contributed by atoms with E-state index in [1.165, 1.54) is 19.4 Å². The van der Waals surface area contributed by atoms with Crippen molar-refractivity contribution in [3.8, 4) is 0 Å². The van der Waals surface area contributed by atoms with Crippen LogP contribution < -0.4 is 11.5 Å². The molecule has 0 aromatic carbocycles. The Balaban J connectivity index is 0.000000164. The van der Waals surface area contributed by atoms with Gasteiger partial charge in [-0.05, 0) is 137 Å². The minimum atomic E-state index is -0.484. The first kappa shape index (κ1) is 58.5. The van der Waals surface area contributed by atoms with Crippen LogP contribution >= 0.6 is 67.8 Å². The van der Waals surface area contributed by atoms with Gasteiger partial charge in [0.1, 0.15) is 40.7 Å². The summed E-state index contributed by atoms with van der Waals surface area (Å²) in [6.45, 7) is 5.26. The lowest BCUT2D eigenvalue weighted by molar-refractivity contribution is -0.385. The molecule has 0 saturated heterocycles. The van der Waals surface area contributed by atoms with E-state index in [9.17, 15) is 29.8 Å². The number of nitrogens with zero attached hydrogens (tertiary/aromatic N) is 13. The van der Waals surface area contributed by atoms with Crippen molar-refractivity contribution in [3.05, 3.63) is 176 Å². The molecule has 0 amide bonds. The molecule has 76 heavy (non-hydrogen) atoms. The summed E-state index contributed by atoms with van der Waals surface area (Å²) in [6.07, 6.45) is 18.2. The molecule has 0 aliphatic carbocycles. The Labute approximate surface area is 469 Å². The van der Waals surface area contributed by atoms with Crippen LogP contribution in [-0.4, -0.2) is 110 Å². The Kier molecular flexibility index (Phi) is 22.3. The van der Waals surface area contributed by atoms with Crippen LogP contribution in [0.2, 0.25) is 0 Å². The number of nitrogens with one attached hydrogen (secondary N) is 4. The lowest BCUT2D eigenvalue weighted by Gasteiger charge is -1.96. The van der Waals surface area contributed by atoms with Gasteiger partial charge in [-0.2, -0.15) is 20.4 Å². The molecular formula is C46H42I3N19O8. The first-order valence-corrected chi connectivity index (χ1v) is 24.6. The van der Waals surface area contributed by atoms with Crippen molar-refractivity contribution in [1.82, 2.24) is 75.7 Å². The van der Waals surface area contributed by atoms with Crippen molar-refractivity contribution in [1.29, 1.82) is 0 Å². The number of hydrogen-bond acceptors (Lipinski definition) is 21. The van der Waals surface area contributed by atoms with Gasteiger partial charge in [0.25, 0.3) is 11.4 Å². The highest BCUT2D eigenvalue weighted by atomic mass is 127. The SMILES string of the molecule is COC(=O)c1cc2cn[nH]c2cn1.Cc1cc(I)ncc1N.Cc1cc(I)ncc1[N+](=O)[O-].Cc1cc(N)ncc1[N+](=O)[O-].Ic1cc2cn[nH]c2cn1.O=Cc1cc2cn[nH]c2cn1.OCc1cc2cn[nH]c2cn1. The van der Waals surface area contributed by atoms with E-state index < -0.39 is 15.8 Å². The third-order valence-electron chi connectivity index (χ3n) is 9.69. The second-order valence-corrected chi connectivity index (χ2v) is 18.3. The fraction of sp³-hybridized carbons (Fsp3) is 0.109. The standard InChI is InChI=1S/C8H7N3O2.C7H7N3O.C7H5N3O.C6H4IN3.C6H5IN2O2.C6H7IN2.C6H7N3O2/c1-13-8(12)6-2-5-3-10-11-7(5)4-9-6;2*11-4-6-1-5-2-9-10-7(5)3-8-6;7-6-1-4-2-9-10-5(4)3-8-6;1-4-2-6(7)8-3-5(4)9(10)11;1-4-2-6(7)9-3-5(4)8;1-4-2-6(7)8-3-5(4)9(10)11/h2-4H,1H3,(H,10,11);1-3,11H,4H2,(H,9,10);1-4H,(H,9,10);1-3H,(H,9,10);2-3H,1H3;2-3H,8H2,1H3;2-3H,1H3,(H2,7,8). The van der Waals surface area contributed by atoms with E-state index in [4.69, 9.17) is 16.6 Å². The summed E-state index contributed by atoms with van der Waals surface area (Å²) in [4.78, 5) is 68.2. The molecule has 0 saturated carbocycles. The number of aromatic nitrogens is 15. The molecule has 390 valence electrons. The zero-order valence-electron chi connectivity index (χ0n) is 40.1. The number of carbonyl (C=O) groups is 2. The van der Waals surface area contributed by atoms with Gasteiger partial charge >= 0.3 is 5.97 Å². The number of hydrogen-bond donors (Lipinski definition) is 7. The van der Waals surface area contributed by atoms with E-state index in [-0.39, 0.29) is 23.7 Å². The van der Waals surface area contributed by atoms with E-state index in [1.54, 1.807) is 93.9 Å². The lowest BCUT2D eigenvalue weighted by Crippen LogP contribution is -2.03. The predicted molar refractivity (Wildman–Crippen MR) is 305 cm³/mol. The molecule has 27 nitrogen and oxygen atoms in total. The summed E-state index contributed by atoms with van der Waals surface area (Å²) in [6, 6.07) is 12.2. The number of aromatic amines is 4. The third kappa shape index (κ3) is 17.6. The minimum absolute atomic E-state index is 0.000741. The molecule has 30 heteroatoms. The minimum Gasteiger partial charge on any atom is -0.464 e. The van der Waals surface area contributed by atoms with Gasteiger partial charge in [-0.25, -0.2) is 29.7 Å². The van der Waals surface area contributed by atoms with Gasteiger partial charge in [-0.1, -0.05) is 0 Å². The number of pyridine rings is 7. The van der Waals surface area contributed by atoms with E-state index >= 15 is 0 Å². The Bertz CT molecular complexity index is 3680. The Morgan fingerprint density at radius 1 is 0.579 bits per heavy atom. The molecule has 9 N–H and O–H groups in total. The van der Waals surface area contributed by atoms with Crippen LogP contribution in [0.15, 0.2) is 111 Å². The second-order valence-electron chi connectivity index (χ2n) is 15.0. The highest BCUT2D eigenvalue weighted by Gasteiger charge is 2.11. The van der Waals surface area contributed by atoms with Gasteiger partial charge in [0.05, 0.1) is 113 Å². The molecule has 0 aliphatic heterocycles. The van der Waals surface area contributed by atoms with E-state index in [0.717, 1.165) is 72.2 Å². The molecular weight excluding hydrogens is 1330 g/mol. The van der Waals surface area contributed by atoms with Crippen LogP contribution in [0.1, 0.15) is 43.4 Å². The van der Waals surface area contributed by atoms with Gasteiger partial charge in [0, 0.05) is 32.7 Å². The number of nitrogen functional groups attached to an aromatic ring is 2. The Morgan fingerprint density at radius 2 is 1.01 bits per heavy atom. The zero-order chi connectivity index (χ0) is 55.3. The van der Waals surface area contributed by atoms with Crippen molar-refractivity contribution in [2.24, 2.45) is 0 Å². The maximum absolute atomic E-state index is 11.1. The van der Waals surface area contributed by atoms with Crippen molar-refractivity contribution in [2.45, 2.75) is 27.4 Å². The van der Waals surface area contributed by atoms with Gasteiger partial charge in [0.2, 0.25) is 0 Å². The van der Waals surface area contributed by atoms with Crippen LogP contribution in [0.4, 0.5) is 22.9 Å². The molecule has 0 bridgehead atoms. The number of aliphatic hydroxyl groups is 1. The van der Waals surface area contributed by atoms with Crippen LogP contribution in [-0.2, 0) is 11.3 Å². The Morgan fingerprint density at radius 3 is 1.50 bits per heavy atom. The maximum Gasteiger partial charge on any atom is 0.356 e. The van der Waals surface area contributed by atoms with E-state index in [2.05, 4.69) is 126 Å². The number of aryl methyl sites for hydroxylation is 3. The van der Waals surface area contributed by atoms with Crippen molar-refractivity contribution >= 4 is 147 Å². The molecule has 0 unspecified atom stereocenters. The number of carbonyl (C=O) groups excluding carboxylic acids is 2. The highest BCUT2D eigenvalue weighted by molar-refractivity contribution is 14.1. The maximum atomic E-state index is 11.1. The summed E-state index contributed by atoms with van der Waals surface area (Å²) >= 11 is 6.34. The molecule has 11 heterocycles. The summed E-state index contributed by atoms with van der Waals surface area (Å²) in [5.41, 5.74) is 18.8. The average molecular weight is 1370 g/mol. The number of fused-ring (bicyclic) bond motifs is 4. The number of aliphatic hydroxyl groups excluding tert-OH is 1. The number of nitrogens with two attached hydrogens (primary N) is 2. The summed E-state index contributed by atoms with van der Waals surface area (Å²) in [5.74, 6) is -0.142. The number of aldehydes is 1. The van der Waals surface area contributed by atoms with Crippen LogP contribution in [0.3, 0.4) is 0 Å². The number of esters is 1. The molecule has 0 atom stereocenters. The molecule has 11 rings (SSSR count). The van der Waals surface area contributed by atoms with Gasteiger partial charge in [0.15, 0.2) is 6.29 Å². The van der Waals surface area contributed by atoms with Crippen molar-refractivity contribution in [3.63, 3.8) is 0 Å². The molecule has 0 spiro atoms. The van der Waals surface area contributed by atoms with Gasteiger partial charge in [-0.3, -0.25) is 55.4 Å². The fourth-order valence-corrected chi connectivity index (χ4v) is 7.46. The quantitative estimate of drug-likeness (QED) is 0.0215. The largest absolute Gasteiger partial charge is 0.464 e. The number of H-pyrrole nitrogens is 4. The average Bonchev–Trinajstić information content (AvgIpc) is 4.26. The molecule has 11 aromatic rings. The normalized spacial score (nSPS) is 10.1. The fourth-order valence-electron chi connectivity index (χ4n) is 5.77. The van der Waals surface area contributed by atoms with E-state index in [0.29, 0.717) is 34.6 Å². The first-order chi connectivity index (χ1) is 36.4. The number of methoxy groups -OCH3 is 1. The van der Waals surface area contributed by atoms with E-state index in [1.807, 2.05) is 41.6 Å². The molecule has 11 aromatic heterocycles. The zero-order valence-corrected chi connectivity index (χ0v) is 46.6. The highest BCUT2D eigenvalue weighted by Crippen LogP contribution is 2.19. The summed E-state index contributed by atoms with van der Waals surface area (Å²) < 4.78 is 7.28. The molecule has 0 aliphatic rings. The Hall–Kier alpha value is -8.38. The van der Waals surface area contributed by atoms with Crippen molar-refractivity contribution < 1.29 is 29.3 Å².